The van der Waals surface area contributed by atoms with Gasteiger partial charge in [-0.1, -0.05) is 41.9 Å². The predicted octanol–water partition coefficient (Wildman–Crippen LogP) is 3.10. The number of nitrogens with one attached hydrogen (secondary N) is 3. The van der Waals surface area contributed by atoms with E-state index in [4.69, 9.17) is 25.8 Å². The van der Waals surface area contributed by atoms with Crippen LogP contribution in [0.25, 0.3) is 0 Å². The maximum Gasteiger partial charge on any atom is 0.336 e. The summed E-state index contributed by atoms with van der Waals surface area (Å²) in [6.45, 7) is 3.68. The van der Waals surface area contributed by atoms with Gasteiger partial charge in [0.15, 0.2) is 0 Å². The first-order valence-corrected chi connectivity index (χ1v) is 13.0. The Bertz CT molecular complexity index is 1350. The SMILES string of the molecule is CCOC(=O)C1=C(COCCNC(=O)c2ccccc2C(=O)NC)NC(C)=C(C(=O)OC)[C@H]1c1ccccc1Cl. The van der Waals surface area contributed by atoms with E-state index in [1.807, 2.05) is 0 Å². The van der Waals surface area contributed by atoms with Crippen molar-refractivity contribution in [3.8, 4) is 0 Å². The fourth-order valence-corrected chi connectivity index (χ4v) is 4.63. The van der Waals surface area contributed by atoms with Crippen LogP contribution in [0.5, 0.6) is 0 Å². The van der Waals surface area contributed by atoms with Crippen molar-refractivity contribution in [1.29, 1.82) is 0 Å². The van der Waals surface area contributed by atoms with Gasteiger partial charge >= 0.3 is 11.9 Å². The molecule has 3 N–H and O–H groups in total. The fraction of sp³-hybridized carbons (Fsp3) is 0.310. The lowest BCUT2D eigenvalue weighted by Crippen LogP contribution is -2.35. The molecule has 2 aromatic carbocycles. The summed E-state index contributed by atoms with van der Waals surface area (Å²) in [4.78, 5) is 50.8. The molecular formula is C29H32ClN3O7. The van der Waals surface area contributed by atoms with Crippen LogP contribution in [0.2, 0.25) is 5.02 Å². The van der Waals surface area contributed by atoms with Crippen molar-refractivity contribution < 1.29 is 33.4 Å². The molecule has 0 aromatic heterocycles. The van der Waals surface area contributed by atoms with Gasteiger partial charge in [-0.2, -0.15) is 0 Å². The van der Waals surface area contributed by atoms with E-state index in [1.165, 1.54) is 14.2 Å². The molecule has 2 amide bonds. The fourth-order valence-electron chi connectivity index (χ4n) is 4.38. The molecule has 40 heavy (non-hydrogen) atoms. The Morgan fingerprint density at radius 3 is 2.23 bits per heavy atom. The molecular weight excluding hydrogens is 538 g/mol. The lowest BCUT2D eigenvalue weighted by molar-refractivity contribution is -0.139. The number of dihydropyridines is 1. The molecule has 1 aliphatic heterocycles. The zero-order valence-corrected chi connectivity index (χ0v) is 23.5. The third kappa shape index (κ3) is 6.88. The molecule has 3 rings (SSSR count). The van der Waals surface area contributed by atoms with Crippen LogP contribution in [0, 0.1) is 0 Å². The first-order chi connectivity index (χ1) is 19.2. The monoisotopic (exact) mass is 569 g/mol. The number of ether oxygens (including phenoxy) is 3. The Balaban J connectivity index is 1.82. The number of hydrogen-bond donors (Lipinski definition) is 3. The van der Waals surface area contributed by atoms with Crippen molar-refractivity contribution in [3.05, 3.63) is 92.8 Å². The van der Waals surface area contributed by atoms with Crippen LogP contribution < -0.4 is 16.0 Å². The molecule has 0 fully saturated rings. The number of amides is 2. The average molecular weight is 570 g/mol. The minimum atomic E-state index is -0.860. The second kappa shape index (κ2) is 14.3. The molecule has 0 bridgehead atoms. The Kier molecular flexibility index (Phi) is 10.9. The minimum Gasteiger partial charge on any atom is -0.466 e. The van der Waals surface area contributed by atoms with Gasteiger partial charge in [-0.05, 0) is 37.6 Å². The van der Waals surface area contributed by atoms with Crippen molar-refractivity contribution >= 4 is 35.4 Å². The summed E-state index contributed by atoms with van der Waals surface area (Å²) in [6.07, 6.45) is 0. The van der Waals surface area contributed by atoms with E-state index in [2.05, 4.69) is 16.0 Å². The molecule has 0 radical (unpaired) electrons. The summed E-state index contributed by atoms with van der Waals surface area (Å²) in [5.74, 6) is -2.90. The van der Waals surface area contributed by atoms with E-state index in [0.717, 1.165) is 0 Å². The molecule has 0 spiro atoms. The van der Waals surface area contributed by atoms with Gasteiger partial charge in [0.05, 0.1) is 60.8 Å². The van der Waals surface area contributed by atoms with E-state index < -0.39 is 23.8 Å². The normalized spacial score (nSPS) is 14.8. The highest BCUT2D eigenvalue weighted by Gasteiger charge is 2.39. The van der Waals surface area contributed by atoms with Gasteiger partial charge in [0.2, 0.25) is 0 Å². The summed E-state index contributed by atoms with van der Waals surface area (Å²) in [6, 6.07) is 13.4. The first kappa shape index (κ1) is 30.4. The molecule has 0 unspecified atom stereocenters. The van der Waals surface area contributed by atoms with Crippen molar-refractivity contribution in [2.24, 2.45) is 0 Å². The van der Waals surface area contributed by atoms with Crippen molar-refractivity contribution in [3.63, 3.8) is 0 Å². The molecule has 11 heteroatoms. The molecule has 1 aliphatic rings. The van der Waals surface area contributed by atoms with E-state index in [9.17, 15) is 19.2 Å². The Hall–Kier alpha value is -4.15. The van der Waals surface area contributed by atoms with Gasteiger partial charge in [0.25, 0.3) is 11.8 Å². The summed E-state index contributed by atoms with van der Waals surface area (Å²) in [7, 11) is 2.75. The number of benzene rings is 2. The largest absolute Gasteiger partial charge is 0.466 e. The molecule has 1 heterocycles. The van der Waals surface area contributed by atoms with Crippen LogP contribution in [-0.2, 0) is 23.8 Å². The minimum absolute atomic E-state index is 0.0500. The maximum absolute atomic E-state index is 13.2. The topological polar surface area (TPSA) is 132 Å². The molecule has 0 saturated carbocycles. The molecule has 0 saturated heterocycles. The number of allylic oxidation sites excluding steroid dienone is 1. The van der Waals surface area contributed by atoms with Crippen molar-refractivity contribution in [2.45, 2.75) is 19.8 Å². The quantitative estimate of drug-likeness (QED) is 0.278. The zero-order valence-electron chi connectivity index (χ0n) is 22.8. The van der Waals surface area contributed by atoms with Gasteiger partial charge in [-0.3, -0.25) is 9.59 Å². The van der Waals surface area contributed by atoms with E-state index in [0.29, 0.717) is 22.0 Å². The highest BCUT2D eigenvalue weighted by molar-refractivity contribution is 6.31. The lowest BCUT2D eigenvalue weighted by atomic mass is 9.80. The number of halogens is 1. The number of rotatable bonds is 11. The second-order valence-electron chi connectivity index (χ2n) is 8.66. The molecule has 212 valence electrons. The maximum atomic E-state index is 13.2. The highest BCUT2D eigenvalue weighted by Crippen LogP contribution is 2.41. The van der Waals surface area contributed by atoms with Gasteiger partial charge < -0.3 is 30.2 Å². The summed E-state index contributed by atoms with van der Waals surface area (Å²) >= 11 is 6.51. The van der Waals surface area contributed by atoms with Crippen LogP contribution in [0.3, 0.4) is 0 Å². The van der Waals surface area contributed by atoms with Crippen molar-refractivity contribution in [2.75, 3.05) is 40.5 Å². The molecule has 1 atom stereocenters. The first-order valence-electron chi connectivity index (χ1n) is 12.6. The number of carbonyl (C=O) groups is 4. The Morgan fingerprint density at radius 2 is 1.60 bits per heavy atom. The molecule has 10 nitrogen and oxygen atoms in total. The van der Waals surface area contributed by atoms with Crippen LogP contribution in [-0.4, -0.2) is 64.3 Å². The predicted molar refractivity (Wildman–Crippen MR) is 149 cm³/mol. The average Bonchev–Trinajstić information content (AvgIpc) is 2.96. The summed E-state index contributed by atoms with van der Waals surface area (Å²) in [5.41, 5.74) is 2.30. The van der Waals surface area contributed by atoms with Gasteiger partial charge in [0.1, 0.15) is 0 Å². The molecule has 2 aromatic rings. The summed E-state index contributed by atoms with van der Waals surface area (Å²) in [5, 5.41) is 8.71. The van der Waals surface area contributed by atoms with Crippen LogP contribution in [0.15, 0.2) is 71.1 Å². The highest BCUT2D eigenvalue weighted by atomic mass is 35.5. The van der Waals surface area contributed by atoms with Crippen LogP contribution in [0.1, 0.15) is 46.0 Å². The van der Waals surface area contributed by atoms with E-state index >= 15 is 0 Å². The number of methoxy groups -OCH3 is 1. The zero-order chi connectivity index (χ0) is 29.2. The second-order valence-corrected chi connectivity index (χ2v) is 9.06. The molecule has 0 aliphatic carbocycles. The van der Waals surface area contributed by atoms with E-state index in [-0.39, 0.29) is 54.5 Å². The third-order valence-corrected chi connectivity index (χ3v) is 6.53. The summed E-state index contributed by atoms with van der Waals surface area (Å²) < 4.78 is 16.2. The van der Waals surface area contributed by atoms with Crippen LogP contribution in [0.4, 0.5) is 0 Å². The Morgan fingerprint density at radius 1 is 0.950 bits per heavy atom. The van der Waals surface area contributed by atoms with Crippen LogP contribution >= 0.6 is 11.6 Å². The Labute approximate surface area is 237 Å². The lowest BCUT2D eigenvalue weighted by Gasteiger charge is -2.31. The third-order valence-electron chi connectivity index (χ3n) is 6.18. The van der Waals surface area contributed by atoms with Crippen molar-refractivity contribution in [1.82, 2.24) is 16.0 Å². The number of hydrogen-bond acceptors (Lipinski definition) is 8. The van der Waals surface area contributed by atoms with Gasteiger partial charge in [-0.25, -0.2) is 9.59 Å². The smallest absolute Gasteiger partial charge is 0.336 e. The van der Waals surface area contributed by atoms with E-state index in [1.54, 1.807) is 62.4 Å². The van der Waals surface area contributed by atoms with Gasteiger partial charge in [0, 0.05) is 24.3 Å². The van der Waals surface area contributed by atoms with Gasteiger partial charge in [-0.15, -0.1) is 0 Å². The number of esters is 2. The number of carbonyl (C=O) groups excluding carboxylic acids is 4. The standard InChI is InChI=1S/C29H32ClN3O7/c1-5-40-29(37)25-22(16-39-15-14-32-27(35)19-11-7-6-10-18(19)26(34)31-3)33-17(2)23(28(36)38-4)24(25)20-12-8-9-13-21(20)30/h6-13,24,33H,5,14-16H2,1-4H3,(H,31,34)(H,32,35)/t24-/m1/s1.